The van der Waals surface area contributed by atoms with Crippen molar-refractivity contribution in [1.29, 1.82) is 0 Å². The van der Waals surface area contributed by atoms with Gasteiger partial charge in [-0.2, -0.15) is 0 Å². The predicted octanol–water partition coefficient (Wildman–Crippen LogP) is 3.73. The Kier molecular flexibility index (Phi) is 4.32. The Morgan fingerprint density at radius 3 is 2.62 bits per heavy atom. The molecule has 2 aliphatic rings. The molecule has 0 saturated carbocycles. The van der Waals surface area contributed by atoms with Gasteiger partial charge in [0.15, 0.2) is 5.72 Å². The van der Waals surface area contributed by atoms with Crippen molar-refractivity contribution in [1.82, 2.24) is 19.8 Å². The topological polar surface area (TPSA) is 59.4 Å². The zero-order chi connectivity index (χ0) is 20.0. The number of nitrogens with one attached hydrogen (secondary N) is 1. The zero-order valence-corrected chi connectivity index (χ0v) is 16.9. The maximum absolute atomic E-state index is 12.5. The van der Waals surface area contributed by atoms with Gasteiger partial charge in [0.1, 0.15) is 11.6 Å². The molecule has 1 aromatic heterocycles. The number of carbonyl (C=O) groups excluding carboxylic acids is 1. The van der Waals surface area contributed by atoms with E-state index in [0.717, 1.165) is 43.8 Å². The van der Waals surface area contributed by atoms with Gasteiger partial charge in [0, 0.05) is 32.0 Å². The number of nitrogens with zero attached hydrogens (tertiary/aromatic N) is 3. The third kappa shape index (κ3) is 3.17. The first-order chi connectivity index (χ1) is 14.0. The van der Waals surface area contributed by atoms with Crippen molar-refractivity contribution in [2.45, 2.75) is 45.0 Å². The van der Waals surface area contributed by atoms with Crippen LogP contribution in [-0.4, -0.2) is 39.2 Å². The molecule has 5 rings (SSSR count). The molecule has 6 heteroatoms. The Labute approximate surface area is 170 Å². The van der Waals surface area contributed by atoms with E-state index in [9.17, 15) is 4.79 Å². The molecule has 0 unspecified atom stereocenters. The highest BCUT2D eigenvalue weighted by Gasteiger charge is 2.42. The van der Waals surface area contributed by atoms with Crippen molar-refractivity contribution in [3.8, 4) is 5.75 Å². The van der Waals surface area contributed by atoms with Gasteiger partial charge in [0.2, 0.25) is 0 Å². The summed E-state index contributed by atoms with van der Waals surface area (Å²) in [5.74, 6) is 1.74. The molecule has 0 radical (unpaired) electrons. The highest BCUT2D eigenvalue weighted by Crippen LogP contribution is 2.34. The molecule has 0 aliphatic carbocycles. The van der Waals surface area contributed by atoms with Crippen LogP contribution in [0.5, 0.6) is 5.75 Å². The van der Waals surface area contributed by atoms with E-state index in [1.807, 2.05) is 30.3 Å². The van der Waals surface area contributed by atoms with Gasteiger partial charge in [0.25, 0.3) is 5.91 Å². The van der Waals surface area contributed by atoms with Crippen molar-refractivity contribution < 1.29 is 9.53 Å². The lowest BCUT2D eigenvalue weighted by Gasteiger charge is -2.44. The molecule has 29 heavy (non-hydrogen) atoms. The number of fused-ring (bicyclic) bond motifs is 2. The molecule has 150 valence electrons. The molecule has 6 nitrogen and oxygen atoms in total. The van der Waals surface area contributed by atoms with Crippen LogP contribution in [0.15, 0.2) is 48.5 Å². The third-order valence-corrected chi connectivity index (χ3v) is 5.99. The fourth-order valence-electron chi connectivity index (χ4n) is 4.53. The average molecular weight is 390 g/mol. The van der Waals surface area contributed by atoms with Crippen molar-refractivity contribution in [3.05, 3.63) is 59.9 Å². The molecule has 1 N–H and O–H groups in total. The number of ether oxygens (including phenoxy) is 1. The second-order valence-electron chi connectivity index (χ2n) is 8.30. The highest BCUT2D eigenvalue weighted by atomic mass is 16.5. The Balaban J connectivity index is 1.33. The second-order valence-corrected chi connectivity index (χ2v) is 8.30. The molecule has 2 aliphatic heterocycles. The molecule has 1 fully saturated rings. The van der Waals surface area contributed by atoms with E-state index >= 15 is 0 Å². The van der Waals surface area contributed by atoms with Crippen LogP contribution in [0, 0.1) is 0 Å². The van der Waals surface area contributed by atoms with E-state index in [1.54, 1.807) is 0 Å². The van der Waals surface area contributed by atoms with E-state index in [4.69, 9.17) is 9.72 Å². The van der Waals surface area contributed by atoms with Crippen molar-refractivity contribution in [3.63, 3.8) is 0 Å². The molecule has 1 saturated heterocycles. The van der Waals surface area contributed by atoms with Crippen molar-refractivity contribution in [2.75, 3.05) is 13.1 Å². The summed E-state index contributed by atoms with van der Waals surface area (Å²) < 4.78 is 8.59. The number of amides is 1. The quantitative estimate of drug-likeness (QED) is 0.740. The molecule has 1 spiro atoms. The maximum Gasteiger partial charge on any atom is 0.258 e. The predicted molar refractivity (Wildman–Crippen MR) is 112 cm³/mol. The van der Waals surface area contributed by atoms with Gasteiger partial charge in [-0.3, -0.25) is 9.69 Å². The smallest absolute Gasteiger partial charge is 0.258 e. The van der Waals surface area contributed by atoms with Crippen LogP contribution in [0.1, 0.15) is 48.9 Å². The minimum atomic E-state index is -0.597. The van der Waals surface area contributed by atoms with E-state index < -0.39 is 5.72 Å². The fourth-order valence-corrected chi connectivity index (χ4v) is 4.53. The number of imidazole rings is 1. The zero-order valence-electron chi connectivity index (χ0n) is 16.9. The Bertz CT molecular complexity index is 1060. The van der Waals surface area contributed by atoms with Crippen molar-refractivity contribution >= 4 is 16.9 Å². The van der Waals surface area contributed by atoms with Crippen molar-refractivity contribution in [2.24, 2.45) is 0 Å². The largest absolute Gasteiger partial charge is 0.467 e. The van der Waals surface area contributed by atoms with Crippen LogP contribution in [0.2, 0.25) is 0 Å². The van der Waals surface area contributed by atoms with Crippen LogP contribution in [0.25, 0.3) is 11.0 Å². The summed E-state index contributed by atoms with van der Waals surface area (Å²) in [6, 6.07) is 16.1. The standard InChI is InChI=1S/C23H26N4O2/c1-16(2)27-19-9-5-4-8-18(19)24-21(27)15-26-13-11-23(12-14-26)25-22(28)17-7-3-6-10-20(17)29-23/h3-10,16H,11-15H2,1-2H3,(H,25,28). The minimum Gasteiger partial charge on any atom is -0.467 e. The van der Waals surface area contributed by atoms with E-state index in [-0.39, 0.29) is 5.91 Å². The number of piperidine rings is 1. The summed E-state index contributed by atoms with van der Waals surface area (Å²) in [6.07, 6.45) is 1.52. The molecule has 3 aromatic rings. The molecule has 2 aromatic carbocycles. The summed E-state index contributed by atoms with van der Waals surface area (Å²) in [7, 11) is 0. The SMILES string of the molecule is CC(C)n1c(CN2CCC3(CC2)NC(=O)c2ccccc2O3)nc2ccccc21. The Morgan fingerprint density at radius 2 is 1.83 bits per heavy atom. The first kappa shape index (κ1) is 18.2. The van der Waals surface area contributed by atoms with Gasteiger partial charge >= 0.3 is 0 Å². The Morgan fingerprint density at radius 1 is 1.10 bits per heavy atom. The summed E-state index contributed by atoms with van der Waals surface area (Å²) in [4.78, 5) is 19.8. The number of para-hydroxylation sites is 3. The molecular formula is C23H26N4O2. The number of benzene rings is 2. The number of likely N-dealkylation sites (tertiary alicyclic amines) is 1. The average Bonchev–Trinajstić information content (AvgIpc) is 3.08. The molecule has 1 amide bonds. The fraction of sp³-hybridized carbons (Fsp3) is 0.391. The van der Waals surface area contributed by atoms with Gasteiger partial charge in [-0.15, -0.1) is 0 Å². The Hall–Kier alpha value is -2.86. The first-order valence-electron chi connectivity index (χ1n) is 10.3. The van der Waals surface area contributed by atoms with Crippen LogP contribution in [0.3, 0.4) is 0 Å². The summed E-state index contributed by atoms with van der Waals surface area (Å²) >= 11 is 0. The monoisotopic (exact) mass is 390 g/mol. The van der Waals surface area contributed by atoms with Gasteiger partial charge in [-0.05, 0) is 38.1 Å². The number of aromatic nitrogens is 2. The van der Waals surface area contributed by atoms with Gasteiger partial charge in [-0.1, -0.05) is 24.3 Å². The highest BCUT2D eigenvalue weighted by molar-refractivity contribution is 5.98. The van der Waals surface area contributed by atoms with Crippen LogP contribution in [0.4, 0.5) is 0 Å². The first-order valence-corrected chi connectivity index (χ1v) is 10.3. The molecule has 0 atom stereocenters. The summed E-state index contributed by atoms with van der Waals surface area (Å²) in [5.41, 5.74) is 2.25. The van der Waals surface area contributed by atoms with Gasteiger partial charge < -0.3 is 14.6 Å². The van der Waals surface area contributed by atoms with Crippen LogP contribution in [-0.2, 0) is 6.54 Å². The number of carbonyl (C=O) groups is 1. The van der Waals surface area contributed by atoms with Gasteiger partial charge in [-0.25, -0.2) is 4.98 Å². The lowest BCUT2D eigenvalue weighted by atomic mass is 9.97. The maximum atomic E-state index is 12.5. The molecule has 0 bridgehead atoms. The van der Waals surface area contributed by atoms with Crippen LogP contribution < -0.4 is 10.1 Å². The minimum absolute atomic E-state index is 0.0399. The third-order valence-electron chi connectivity index (χ3n) is 5.99. The molecular weight excluding hydrogens is 364 g/mol. The normalized spacial score (nSPS) is 18.7. The van der Waals surface area contributed by atoms with E-state index in [2.05, 4.69) is 46.8 Å². The number of hydrogen-bond acceptors (Lipinski definition) is 4. The summed E-state index contributed by atoms with van der Waals surface area (Å²) in [6.45, 7) is 6.90. The molecule has 3 heterocycles. The van der Waals surface area contributed by atoms with E-state index in [0.29, 0.717) is 17.4 Å². The lowest BCUT2D eigenvalue weighted by molar-refractivity contribution is -0.0310. The second kappa shape index (κ2) is 6.88. The van der Waals surface area contributed by atoms with E-state index in [1.165, 1.54) is 5.52 Å². The number of hydrogen-bond donors (Lipinski definition) is 1. The lowest BCUT2D eigenvalue weighted by Crippen LogP contribution is -2.60. The van der Waals surface area contributed by atoms with Crippen LogP contribution >= 0.6 is 0 Å². The summed E-state index contributed by atoms with van der Waals surface area (Å²) in [5, 5.41) is 3.11. The number of rotatable bonds is 3. The van der Waals surface area contributed by atoms with Gasteiger partial charge in [0.05, 0.1) is 23.1 Å².